The van der Waals surface area contributed by atoms with E-state index in [2.05, 4.69) is 23.3 Å². The first-order chi connectivity index (χ1) is 22.7. The smallest absolute Gasteiger partial charge is 0.161 e. The van der Waals surface area contributed by atoms with E-state index < -0.39 is 31.0 Å². The van der Waals surface area contributed by atoms with Crippen LogP contribution in [0.4, 0.5) is 0 Å². The molecule has 3 aromatic carbocycles. The molecule has 0 amide bonds. The molecular weight excluding hydrogens is 604 g/mol. The van der Waals surface area contributed by atoms with Crippen LogP contribution in [-0.4, -0.2) is 81.3 Å². The maximum Gasteiger partial charge on any atom is 0.161 e. The summed E-state index contributed by atoms with van der Waals surface area (Å²) in [6.45, 7) is 5.12. The Hall–Kier alpha value is -4.23. The molecule has 1 aliphatic heterocycles. The highest BCUT2D eigenvalue weighted by Gasteiger charge is 2.29. The van der Waals surface area contributed by atoms with E-state index in [-0.39, 0.29) is 19.7 Å². The number of nitrogens with one attached hydrogen (secondary N) is 1. The average molecular weight is 647 g/mol. The van der Waals surface area contributed by atoms with E-state index in [4.69, 9.17) is 24.1 Å². The number of fused-ring (bicyclic) bond motifs is 1. The van der Waals surface area contributed by atoms with Gasteiger partial charge in [0.15, 0.2) is 11.5 Å². The number of aromatic nitrogens is 1. The molecule has 6 N–H and O–H groups in total. The molecule has 47 heavy (non-hydrogen) atoms. The molecule has 11 nitrogen and oxygen atoms in total. The van der Waals surface area contributed by atoms with Crippen molar-refractivity contribution in [2.45, 2.75) is 58.0 Å². The van der Waals surface area contributed by atoms with Gasteiger partial charge in [0.05, 0.1) is 12.7 Å². The second kappa shape index (κ2) is 16.1. The van der Waals surface area contributed by atoms with E-state index in [9.17, 15) is 20.4 Å². The molecule has 0 radical (unpaired) electrons. The van der Waals surface area contributed by atoms with Crippen LogP contribution in [0, 0.1) is 13.8 Å². The number of aryl methyl sites for hydroxylation is 1. The number of hydrogen-bond acceptors (Lipinski definition) is 11. The predicted molar refractivity (Wildman–Crippen MR) is 175 cm³/mol. The third-order valence-electron chi connectivity index (χ3n) is 8.15. The van der Waals surface area contributed by atoms with Gasteiger partial charge < -0.3 is 49.8 Å². The lowest BCUT2D eigenvalue weighted by Crippen LogP contribution is -2.48. The number of aliphatic hydroxyl groups is 5. The lowest BCUT2D eigenvalue weighted by molar-refractivity contribution is -0.114. The Balaban J connectivity index is 1.31. The molecule has 0 saturated heterocycles. The zero-order valence-corrected chi connectivity index (χ0v) is 26.5. The molecule has 1 aliphatic rings. The Morgan fingerprint density at radius 2 is 1.57 bits per heavy atom. The molecular formula is C36H42N2O9. The van der Waals surface area contributed by atoms with Crippen molar-refractivity contribution in [3.63, 3.8) is 0 Å². The largest absolute Gasteiger partial charge is 0.488 e. The van der Waals surface area contributed by atoms with Crippen LogP contribution >= 0.6 is 0 Å². The van der Waals surface area contributed by atoms with Crippen LogP contribution < -0.4 is 24.3 Å². The van der Waals surface area contributed by atoms with E-state index in [1.807, 2.05) is 61.5 Å². The zero-order valence-electron chi connectivity index (χ0n) is 26.5. The highest BCUT2D eigenvalue weighted by molar-refractivity contribution is 5.71. The van der Waals surface area contributed by atoms with Crippen LogP contribution in [0.3, 0.4) is 0 Å². The summed E-state index contributed by atoms with van der Waals surface area (Å²) in [5.41, 5.74) is 6.77. The minimum absolute atomic E-state index is 0.0886. The monoisotopic (exact) mass is 646 g/mol. The molecule has 4 atom stereocenters. The molecule has 0 fully saturated rings. The average Bonchev–Trinajstić information content (AvgIpc) is 3.10. The van der Waals surface area contributed by atoms with E-state index in [0.29, 0.717) is 31.3 Å². The first-order valence-electron chi connectivity index (χ1n) is 15.6. The molecule has 0 saturated carbocycles. The van der Waals surface area contributed by atoms with Crippen molar-refractivity contribution in [2.24, 2.45) is 0 Å². The summed E-state index contributed by atoms with van der Waals surface area (Å²) in [6.07, 6.45) is -2.89. The number of aliphatic hydroxyl groups excluding tert-OH is 5. The lowest BCUT2D eigenvalue weighted by Gasteiger charge is -2.26. The summed E-state index contributed by atoms with van der Waals surface area (Å²) in [4.78, 5) is 4.15. The Bertz CT molecular complexity index is 1620. The standard InChI is InChI=1S/C36H42N2O9/c1-22-13-27(17-38-18-29(40)35(42)36(43)30(41)19-39)33(46-20-24-5-4-10-37-16-24)15-32(22)47-21-26-6-3-7-28(23(26)2)25-8-9-31-34(14-25)45-12-11-44-31/h3-10,13-16,29-30,35-36,38-43H,11-12,17-21H2,1-2H3/t29-,30+,35+,36+/m0/s1. The number of hydrogen-bond donors (Lipinski definition) is 6. The van der Waals surface area contributed by atoms with E-state index >= 15 is 0 Å². The second-order valence-corrected chi connectivity index (χ2v) is 11.5. The Morgan fingerprint density at radius 1 is 0.809 bits per heavy atom. The molecule has 1 aromatic heterocycles. The highest BCUT2D eigenvalue weighted by atomic mass is 16.6. The minimum Gasteiger partial charge on any atom is -0.488 e. The van der Waals surface area contributed by atoms with Crippen molar-refractivity contribution in [3.8, 4) is 34.1 Å². The zero-order chi connectivity index (χ0) is 33.3. The highest BCUT2D eigenvalue weighted by Crippen LogP contribution is 2.37. The van der Waals surface area contributed by atoms with Crippen LogP contribution in [0.2, 0.25) is 0 Å². The van der Waals surface area contributed by atoms with Crippen molar-refractivity contribution in [1.29, 1.82) is 0 Å². The van der Waals surface area contributed by atoms with E-state index in [1.54, 1.807) is 12.4 Å². The molecule has 2 heterocycles. The third kappa shape index (κ3) is 8.58. The van der Waals surface area contributed by atoms with Gasteiger partial charge in [-0.1, -0.05) is 30.3 Å². The van der Waals surface area contributed by atoms with Gasteiger partial charge in [0.1, 0.15) is 56.2 Å². The molecule has 0 spiro atoms. The predicted octanol–water partition coefficient (Wildman–Crippen LogP) is 2.82. The Morgan fingerprint density at radius 3 is 2.34 bits per heavy atom. The second-order valence-electron chi connectivity index (χ2n) is 11.5. The van der Waals surface area contributed by atoms with Crippen molar-refractivity contribution in [3.05, 3.63) is 101 Å². The van der Waals surface area contributed by atoms with Gasteiger partial charge in [-0.25, -0.2) is 0 Å². The molecule has 0 bridgehead atoms. The van der Waals surface area contributed by atoms with Crippen LogP contribution in [0.15, 0.2) is 73.1 Å². The van der Waals surface area contributed by atoms with Crippen molar-refractivity contribution in [1.82, 2.24) is 10.3 Å². The summed E-state index contributed by atoms with van der Waals surface area (Å²) in [6, 6.07) is 19.6. The van der Waals surface area contributed by atoms with Crippen LogP contribution in [-0.2, 0) is 19.8 Å². The molecule has 0 aliphatic carbocycles. The van der Waals surface area contributed by atoms with Gasteiger partial charge in [0.2, 0.25) is 0 Å². The summed E-state index contributed by atoms with van der Waals surface area (Å²) < 4.78 is 24.0. The van der Waals surface area contributed by atoms with E-state index in [1.165, 1.54) is 0 Å². The van der Waals surface area contributed by atoms with Crippen LogP contribution in [0.1, 0.15) is 27.8 Å². The van der Waals surface area contributed by atoms with Gasteiger partial charge >= 0.3 is 0 Å². The number of ether oxygens (including phenoxy) is 4. The van der Waals surface area contributed by atoms with Crippen LogP contribution in [0.5, 0.6) is 23.0 Å². The van der Waals surface area contributed by atoms with Gasteiger partial charge in [0, 0.05) is 42.7 Å². The van der Waals surface area contributed by atoms with Crippen molar-refractivity contribution in [2.75, 3.05) is 26.4 Å². The number of rotatable bonds is 15. The Labute approximate surface area is 274 Å². The quantitative estimate of drug-likeness (QED) is 0.113. The van der Waals surface area contributed by atoms with Gasteiger partial charge in [-0.05, 0) is 65.9 Å². The minimum atomic E-state index is -1.69. The fourth-order valence-corrected chi connectivity index (χ4v) is 5.36. The maximum atomic E-state index is 10.3. The number of benzene rings is 3. The van der Waals surface area contributed by atoms with E-state index in [0.717, 1.165) is 50.4 Å². The van der Waals surface area contributed by atoms with Crippen molar-refractivity contribution < 1.29 is 44.5 Å². The van der Waals surface area contributed by atoms with Crippen LogP contribution in [0.25, 0.3) is 11.1 Å². The first-order valence-corrected chi connectivity index (χ1v) is 15.6. The Kier molecular flexibility index (Phi) is 11.6. The summed E-state index contributed by atoms with van der Waals surface area (Å²) in [7, 11) is 0. The topological polar surface area (TPSA) is 163 Å². The number of nitrogens with zero attached hydrogens (tertiary/aromatic N) is 1. The molecule has 4 aromatic rings. The molecule has 250 valence electrons. The third-order valence-corrected chi connectivity index (χ3v) is 8.15. The molecule has 5 rings (SSSR count). The fourth-order valence-electron chi connectivity index (χ4n) is 5.36. The van der Waals surface area contributed by atoms with Gasteiger partial charge in [-0.3, -0.25) is 4.98 Å². The molecule has 11 heteroatoms. The summed E-state index contributed by atoms with van der Waals surface area (Å²) in [5.74, 6) is 2.70. The van der Waals surface area contributed by atoms with Crippen molar-refractivity contribution >= 4 is 0 Å². The number of pyridine rings is 1. The lowest BCUT2D eigenvalue weighted by atomic mass is 9.96. The first kappa shape index (κ1) is 34.1. The van der Waals surface area contributed by atoms with Gasteiger partial charge in [-0.2, -0.15) is 0 Å². The van der Waals surface area contributed by atoms with Gasteiger partial charge in [-0.15, -0.1) is 0 Å². The van der Waals surface area contributed by atoms with Gasteiger partial charge in [0.25, 0.3) is 0 Å². The normalized spacial score (nSPS) is 15.0. The summed E-state index contributed by atoms with van der Waals surface area (Å²) >= 11 is 0. The molecule has 0 unspecified atom stereocenters. The fraction of sp³-hybridized carbons (Fsp3) is 0.361. The SMILES string of the molecule is Cc1cc(CNC[C@H](O)[C@@H](O)[C@H](O)[C@H](O)CO)c(OCc2cccnc2)cc1OCc1cccc(-c2ccc3c(c2)OCCO3)c1C. The maximum absolute atomic E-state index is 10.3. The summed E-state index contributed by atoms with van der Waals surface area (Å²) in [5, 5.41) is 52.1.